The van der Waals surface area contributed by atoms with Crippen LogP contribution in [-0.4, -0.2) is 21.1 Å². The Bertz CT molecular complexity index is 529. The molecule has 4 nitrogen and oxygen atoms in total. The van der Waals surface area contributed by atoms with Crippen molar-refractivity contribution in [2.75, 3.05) is 6.54 Å². The molecular weight excluding hydrogens is 256 g/mol. The van der Waals surface area contributed by atoms with E-state index in [1.807, 2.05) is 19.4 Å². The molecule has 0 aromatic carbocycles. The molecule has 5 heteroatoms. The lowest BCUT2D eigenvalue weighted by Gasteiger charge is -2.16. The van der Waals surface area contributed by atoms with E-state index in [-0.39, 0.29) is 0 Å². The Morgan fingerprint density at radius 1 is 1.42 bits per heavy atom. The average molecular weight is 278 g/mol. The van der Waals surface area contributed by atoms with Gasteiger partial charge in [0.15, 0.2) is 0 Å². The molecule has 104 valence electrons. The molecule has 19 heavy (non-hydrogen) atoms. The van der Waals surface area contributed by atoms with Crippen molar-refractivity contribution in [3.63, 3.8) is 0 Å². The molecule has 1 N–H and O–H groups in total. The normalized spacial score (nSPS) is 12.8. The summed E-state index contributed by atoms with van der Waals surface area (Å²) in [7, 11) is 2.05. The van der Waals surface area contributed by atoms with E-state index in [9.17, 15) is 0 Å². The zero-order valence-electron chi connectivity index (χ0n) is 12.1. The van der Waals surface area contributed by atoms with Crippen LogP contribution < -0.4 is 5.32 Å². The third-order valence-corrected chi connectivity index (χ3v) is 4.47. The van der Waals surface area contributed by atoms with Crippen molar-refractivity contribution >= 4 is 11.3 Å². The predicted octanol–water partition coefficient (Wildman–Crippen LogP) is 2.78. The standard InChI is InChI=1S/C14H22N4S/c1-5-15-12(14-10(2)17-11(3)19-14)6-7-13-16-8-9-18(13)4/h8-9,12,15H,5-7H2,1-4H3. The van der Waals surface area contributed by atoms with Gasteiger partial charge in [-0.3, -0.25) is 0 Å². The summed E-state index contributed by atoms with van der Waals surface area (Å²) in [5.74, 6) is 1.14. The number of aryl methyl sites for hydroxylation is 4. The van der Waals surface area contributed by atoms with Gasteiger partial charge in [-0.05, 0) is 26.8 Å². The lowest BCUT2D eigenvalue weighted by atomic mass is 10.1. The molecule has 1 atom stereocenters. The first kappa shape index (κ1) is 14.2. The zero-order valence-corrected chi connectivity index (χ0v) is 12.9. The van der Waals surface area contributed by atoms with Crippen LogP contribution in [0.15, 0.2) is 12.4 Å². The van der Waals surface area contributed by atoms with Crippen LogP contribution in [0, 0.1) is 13.8 Å². The third-order valence-electron chi connectivity index (χ3n) is 3.28. The van der Waals surface area contributed by atoms with Gasteiger partial charge in [-0.25, -0.2) is 9.97 Å². The van der Waals surface area contributed by atoms with Crippen LogP contribution in [0.25, 0.3) is 0 Å². The summed E-state index contributed by atoms with van der Waals surface area (Å²) < 4.78 is 2.09. The lowest BCUT2D eigenvalue weighted by Crippen LogP contribution is -2.21. The van der Waals surface area contributed by atoms with E-state index in [1.165, 1.54) is 4.88 Å². The predicted molar refractivity (Wildman–Crippen MR) is 79.5 cm³/mol. The Morgan fingerprint density at radius 3 is 2.74 bits per heavy atom. The molecule has 0 spiro atoms. The first-order chi connectivity index (χ1) is 9.11. The van der Waals surface area contributed by atoms with E-state index in [1.54, 1.807) is 11.3 Å². The third kappa shape index (κ3) is 3.42. The first-order valence-electron chi connectivity index (χ1n) is 6.75. The summed E-state index contributed by atoms with van der Waals surface area (Å²) >= 11 is 1.80. The van der Waals surface area contributed by atoms with Crippen molar-refractivity contribution in [3.05, 3.63) is 33.8 Å². The van der Waals surface area contributed by atoms with Crippen molar-refractivity contribution in [1.82, 2.24) is 19.9 Å². The quantitative estimate of drug-likeness (QED) is 0.883. The summed E-state index contributed by atoms with van der Waals surface area (Å²) in [6.07, 6.45) is 5.90. The maximum Gasteiger partial charge on any atom is 0.108 e. The Kier molecular flexibility index (Phi) is 4.71. The molecule has 0 fully saturated rings. The topological polar surface area (TPSA) is 42.7 Å². The molecule has 0 aliphatic rings. The number of hydrogen-bond donors (Lipinski definition) is 1. The minimum Gasteiger partial charge on any atom is -0.338 e. The molecule has 0 aliphatic heterocycles. The Labute approximate surface area is 118 Å². The molecule has 2 heterocycles. The molecule has 0 aliphatic carbocycles. The van der Waals surface area contributed by atoms with Crippen molar-refractivity contribution in [3.8, 4) is 0 Å². The van der Waals surface area contributed by atoms with Gasteiger partial charge >= 0.3 is 0 Å². The number of rotatable bonds is 6. The van der Waals surface area contributed by atoms with Crippen molar-refractivity contribution < 1.29 is 0 Å². The van der Waals surface area contributed by atoms with Gasteiger partial charge in [0, 0.05) is 36.8 Å². The number of nitrogens with one attached hydrogen (secondary N) is 1. The summed E-state index contributed by atoms with van der Waals surface area (Å²) in [6, 6.07) is 0.382. The van der Waals surface area contributed by atoms with Crippen LogP contribution in [0.1, 0.15) is 40.8 Å². The maximum absolute atomic E-state index is 4.53. The second-order valence-corrected chi connectivity index (χ2v) is 6.02. The minimum atomic E-state index is 0.382. The highest BCUT2D eigenvalue weighted by atomic mass is 32.1. The van der Waals surface area contributed by atoms with Crippen LogP contribution in [0.2, 0.25) is 0 Å². The lowest BCUT2D eigenvalue weighted by molar-refractivity contribution is 0.510. The summed E-state index contributed by atoms with van der Waals surface area (Å²) in [5.41, 5.74) is 1.16. The zero-order chi connectivity index (χ0) is 13.8. The van der Waals surface area contributed by atoms with Crippen molar-refractivity contribution in [2.45, 2.75) is 39.7 Å². The number of aromatic nitrogens is 3. The van der Waals surface area contributed by atoms with Gasteiger partial charge in [0.05, 0.1) is 10.7 Å². The Balaban J connectivity index is 2.08. The highest BCUT2D eigenvalue weighted by Gasteiger charge is 2.17. The molecule has 2 rings (SSSR count). The van der Waals surface area contributed by atoms with Gasteiger partial charge in [-0.2, -0.15) is 0 Å². The van der Waals surface area contributed by atoms with E-state index >= 15 is 0 Å². The van der Waals surface area contributed by atoms with Crippen LogP contribution in [0.3, 0.4) is 0 Å². The van der Waals surface area contributed by atoms with Gasteiger partial charge in [0.1, 0.15) is 5.82 Å². The maximum atomic E-state index is 4.53. The van der Waals surface area contributed by atoms with Crippen LogP contribution >= 0.6 is 11.3 Å². The summed E-state index contributed by atoms with van der Waals surface area (Å²) in [4.78, 5) is 10.3. The number of thiazole rings is 1. The fourth-order valence-electron chi connectivity index (χ4n) is 2.35. The molecule has 1 unspecified atom stereocenters. The number of nitrogens with zero attached hydrogens (tertiary/aromatic N) is 3. The van der Waals surface area contributed by atoms with E-state index in [0.717, 1.165) is 35.9 Å². The van der Waals surface area contributed by atoms with Gasteiger partial charge in [-0.15, -0.1) is 11.3 Å². The van der Waals surface area contributed by atoms with Gasteiger partial charge < -0.3 is 9.88 Å². The number of imidazole rings is 1. The smallest absolute Gasteiger partial charge is 0.108 e. The molecule has 0 radical (unpaired) electrons. The van der Waals surface area contributed by atoms with E-state index < -0.39 is 0 Å². The molecular formula is C14H22N4S. The summed E-state index contributed by atoms with van der Waals surface area (Å²) in [6.45, 7) is 7.30. The van der Waals surface area contributed by atoms with Crippen molar-refractivity contribution in [1.29, 1.82) is 0 Å². The molecule has 2 aromatic rings. The highest BCUT2D eigenvalue weighted by Crippen LogP contribution is 2.27. The second-order valence-electron chi connectivity index (χ2n) is 4.79. The molecule has 0 saturated carbocycles. The molecule has 0 bridgehead atoms. The largest absolute Gasteiger partial charge is 0.338 e. The van der Waals surface area contributed by atoms with Gasteiger partial charge in [0.2, 0.25) is 0 Å². The SMILES string of the molecule is CCNC(CCc1nccn1C)c1sc(C)nc1C. The van der Waals surface area contributed by atoms with Gasteiger partial charge in [0.25, 0.3) is 0 Å². The second kappa shape index (κ2) is 6.30. The fourth-order valence-corrected chi connectivity index (χ4v) is 3.39. The van der Waals surface area contributed by atoms with Crippen LogP contribution in [0.4, 0.5) is 0 Å². The molecule has 2 aromatic heterocycles. The Hall–Kier alpha value is -1.20. The van der Waals surface area contributed by atoms with Gasteiger partial charge in [-0.1, -0.05) is 6.92 Å². The first-order valence-corrected chi connectivity index (χ1v) is 7.57. The average Bonchev–Trinajstić information content (AvgIpc) is 2.91. The minimum absolute atomic E-state index is 0.382. The Morgan fingerprint density at radius 2 is 2.21 bits per heavy atom. The van der Waals surface area contributed by atoms with Crippen LogP contribution in [-0.2, 0) is 13.5 Å². The number of hydrogen-bond acceptors (Lipinski definition) is 4. The van der Waals surface area contributed by atoms with E-state index in [4.69, 9.17) is 0 Å². The van der Waals surface area contributed by atoms with Crippen LogP contribution in [0.5, 0.6) is 0 Å². The van der Waals surface area contributed by atoms with Crippen molar-refractivity contribution in [2.24, 2.45) is 7.05 Å². The monoisotopic (exact) mass is 278 g/mol. The summed E-state index contributed by atoms with van der Waals surface area (Å²) in [5, 5.41) is 4.71. The van der Waals surface area contributed by atoms with E-state index in [2.05, 4.69) is 40.6 Å². The molecule has 0 amide bonds. The highest BCUT2D eigenvalue weighted by molar-refractivity contribution is 7.11. The molecule has 0 saturated heterocycles. The van der Waals surface area contributed by atoms with E-state index in [0.29, 0.717) is 6.04 Å². The fraction of sp³-hybridized carbons (Fsp3) is 0.571.